The Morgan fingerprint density at radius 2 is 2.04 bits per heavy atom. The number of aryl methyl sites for hydroxylation is 3. The molecule has 0 saturated carbocycles. The molecule has 1 aromatic carbocycles. The van der Waals surface area contributed by atoms with Crippen molar-refractivity contribution in [3.8, 4) is 5.75 Å². The van der Waals surface area contributed by atoms with Gasteiger partial charge in [0.2, 0.25) is 0 Å². The van der Waals surface area contributed by atoms with Crippen LogP contribution in [-0.2, 0) is 0 Å². The van der Waals surface area contributed by atoms with E-state index in [1.54, 1.807) is 21.1 Å². The summed E-state index contributed by atoms with van der Waals surface area (Å²) in [6.07, 6.45) is 0. The molecule has 0 bridgehead atoms. The summed E-state index contributed by atoms with van der Waals surface area (Å²) < 4.78 is 10.5. The Labute approximate surface area is 136 Å². The number of nitrogens with one attached hydrogen (secondary N) is 1. The van der Waals surface area contributed by atoms with Crippen molar-refractivity contribution in [2.24, 2.45) is 0 Å². The van der Waals surface area contributed by atoms with Gasteiger partial charge in [-0.25, -0.2) is 4.79 Å². The summed E-state index contributed by atoms with van der Waals surface area (Å²) >= 11 is 0. The first-order valence-corrected chi connectivity index (χ1v) is 7.46. The van der Waals surface area contributed by atoms with Crippen molar-refractivity contribution in [1.82, 2.24) is 10.5 Å². The Morgan fingerprint density at radius 3 is 2.61 bits per heavy atom. The van der Waals surface area contributed by atoms with E-state index in [1.807, 2.05) is 39.0 Å². The van der Waals surface area contributed by atoms with Crippen LogP contribution in [0.1, 0.15) is 35.5 Å². The predicted molar refractivity (Wildman–Crippen MR) is 89.1 cm³/mol. The third-order valence-electron chi connectivity index (χ3n) is 3.83. The number of benzene rings is 1. The van der Waals surface area contributed by atoms with E-state index in [9.17, 15) is 4.79 Å². The fraction of sp³-hybridized carbons (Fsp3) is 0.412. The first-order valence-electron chi connectivity index (χ1n) is 7.46. The van der Waals surface area contributed by atoms with Crippen LogP contribution in [0.5, 0.6) is 5.75 Å². The van der Waals surface area contributed by atoms with Crippen LogP contribution >= 0.6 is 0 Å². The fourth-order valence-electron chi connectivity index (χ4n) is 2.61. The number of hydrogen-bond acceptors (Lipinski definition) is 4. The van der Waals surface area contributed by atoms with E-state index in [4.69, 9.17) is 9.26 Å². The van der Waals surface area contributed by atoms with Gasteiger partial charge in [0.05, 0.1) is 13.2 Å². The average molecular weight is 317 g/mol. The van der Waals surface area contributed by atoms with Crippen molar-refractivity contribution in [1.29, 1.82) is 0 Å². The van der Waals surface area contributed by atoms with Gasteiger partial charge >= 0.3 is 6.03 Å². The Balaban J connectivity index is 2.18. The van der Waals surface area contributed by atoms with Crippen molar-refractivity contribution >= 4 is 11.7 Å². The molecule has 2 rings (SSSR count). The van der Waals surface area contributed by atoms with Gasteiger partial charge in [0.15, 0.2) is 5.76 Å². The van der Waals surface area contributed by atoms with Crippen LogP contribution in [0.25, 0.3) is 0 Å². The molecule has 1 unspecified atom stereocenters. The molecule has 0 aliphatic carbocycles. The Morgan fingerprint density at radius 1 is 1.35 bits per heavy atom. The molecular formula is C17H23N3O3. The number of urea groups is 1. The molecule has 0 fully saturated rings. The predicted octanol–water partition coefficient (Wildman–Crippen LogP) is 3.52. The first kappa shape index (κ1) is 16.9. The van der Waals surface area contributed by atoms with Gasteiger partial charge < -0.3 is 14.6 Å². The number of methoxy groups -OCH3 is 1. The number of carbonyl (C=O) groups is 1. The van der Waals surface area contributed by atoms with Crippen LogP contribution < -0.4 is 15.0 Å². The highest BCUT2D eigenvalue weighted by atomic mass is 16.5. The van der Waals surface area contributed by atoms with Crippen molar-refractivity contribution in [3.63, 3.8) is 0 Å². The molecule has 124 valence electrons. The monoisotopic (exact) mass is 317 g/mol. The number of rotatable bonds is 4. The fourth-order valence-corrected chi connectivity index (χ4v) is 2.61. The first-order chi connectivity index (χ1) is 10.8. The summed E-state index contributed by atoms with van der Waals surface area (Å²) in [4.78, 5) is 14.0. The standard InChI is InChI=1S/C17H23N3O3/c1-10-7-8-15(22-6)14(9-10)11(2)18-17(21)20(5)16-12(3)19-23-13(16)4/h7-9,11H,1-6H3,(H,18,21). The maximum Gasteiger partial charge on any atom is 0.322 e. The molecule has 2 amide bonds. The number of ether oxygens (including phenoxy) is 1. The van der Waals surface area contributed by atoms with Crippen molar-refractivity contribution in [2.75, 3.05) is 19.1 Å². The van der Waals surface area contributed by atoms with Crippen LogP contribution in [0.15, 0.2) is 22.7 Å². The minimum Gasteiger partial charge on any atom is -0.496 e. The van der Waals surface area contributed by atoms with Gasteiger partial charge in [-0.1, -0.05) is 22.9 Å². The molecule has 2 aromatic rings. The molecule has 1 heterocycles. The van der Waals surface area contributed by atoms with E-state index in [1.165, 1.54) is 4.90 Å². The van der Waals surface area contributed by atoms with Crippen LogP contribution in [-0.4, -0.2) is 25.3 Å². The van der Waals surface area contributed by atoms with Gasteiger partial charge in [-0.2, -0.15) is 0 Å². The lowest BCUT2D eigenvalue weighted by Gasteiger charge is -2.22. The highest BCUT2D eigenvalue weighted by Gasteiger charge is 2.22. The zero-order valence-electron chi connectivity index (χ0n) is 14.4. The smallest absolute Gasteiger partial charge is 0.322 e. The molecular weight excluding hydrogens is 294 g/mol. The summed E-state index contributed by atoms with van der Waals surface area (Å²) in [5.74, 6) is 1.37. The van der Waals surface area contributed by atoms with Gasteiger partial charge in [0.1, 0.15) is 17.1 Å². The van der Waals surface area contributed by atoms with Crippen molar-refractivity contribution in [2.45, 2.75) is 33.7 Å². The molecule has 0 spiro atoms. The molecule has 0 radical (unpaired) electrons. The van der Waals surface area contributed by atoms with Gasteiger partial charge in [-0.05, 0) is 33.8 Å². The van der Waals surface area contributed by atoms with Gasteiger partial charge in [-0.3, -0.25) is 4.90 Å². The zero-order valence-corrected chi connectivity index (χ0v) is 14.4. The Bertz CT molecular complexity index is 690. The van der Waals surface area contributed by atoms with E-state index >= 15 is 0 Å². The second-order valence-corrected chi connectivity index (χ2v) is 5.65. The number of anilines is 1. The SMILES string of the molecule is COc1ccc(C)cc1C(C)NC(=O)N(C)c1c(C)noc1C. The van der Waals surface area contributed by atoms with E-state index in [0.29, 0.717) is 17.1 Å². The summed E-state index contributed by atoms with van der Waals surface area (Å²) in [7, 11) is 3.32. The normalized spacial score (nSPS) is 11.9. The van der Waals surface area contributed by atoms with Crippen LogP contribution in [0.2, 0.25) is 0 Å². The van der Waals surface area contributed by atoms with E-state index in [2.05, 4.69) is 10.5 Å². The van der Waals surface area contributed by atoms with E-state index in [0.717, 1.165) is 16.9 Å². The lowest BCUT2D eigenvalue weighted by Crippen LogP contribution is -2.39. The summed E-state index contributed by atoms with van der Waals surface area (Å²) in [6.45, 7) is 7.53. The average Bonchev–Trinajstić information content (AvgIpc) is 2.85. The molecule has 6 nitrogen and oxygen atoms in total. The van der Waals surface area contributed by atoms with Crippen molar-refractivity contribution < 1.29 is 14.1 Å². The lowest BCUT2D eigenvalue weighted by atomic mass is 10.0. The zero-order chi connectivity index (χ0) is 17.1. The second-order valence-electron chi connectivity index (χ2n) is 5.65. The quantitative estimate of drug-likeness (QED) is 0.937. The Kier molecular flexibility index (Phi) is 4.93. The summed E-state index contributed by atoms with van der Waals surface area (Å²) in [6, 6.07) is 5.48. The van der Waals surface area contributed by atoms with Crippen LogP contribution in [0, 0.1) is 20.8 Å². The molecule has 0 aliphatic heterocycles. The highest BCUT2D eigenvalue weighted by molar-refractivity contribution is 5.92. The topological polar surface area (TPSA) is 67.6 Å². The number of aromatic nitrogens is 1. The minimum atomic E-state index is -0.226. The highest BCUT2D eigenvalue weighted by Crippen LogP contribution is 2.27. The summed E-state index contributed by atoms with van der Waals surface area (Å²) in [5, 5.41) is 6.86. The summed E-state index contributed by atoms with van der Waals surface area (Å²) in [5.41, 5.74) is 3.42. The van der Waals surface area contributed by atoms with E-state index < -0.39 is 0 Å². The molecule has 1 aromatic heterocycles. The Hall–Kier alpha value is -2.50. The third kappa shape index (κ3) is 3.47. The largest absolute Gasteiger partial charge is 0.496 e. The van der Waals surface area contributed by atoms with Gasteiger partial charge in [-0.15, -0.1) is 0 Å². The molecule has 6 heteroatoms. The molecule has 0 aliphatic rings. The number of nitrogens with zero attached hydrogens (tertiary/aromatic N) is 2. The van der Waals surface area contributed by atoms with Crippen molar-refractivity contribution in [3.05, 3.63) is 40.8 Å². The third-order valence-corrected chi connectivity index (χ3v) is 3.83. The minimum absolute atomic E-state index is 0.194. The van der Waals surface area contributed by atoms with E-state index in [-0.39, 0.29) is 12.1 Å². The van der Waals surface area contributed by atoms with Crippen LogP contribution in [0.4, 0.5) is 10.5 Å². The number of hydrogen-bond donors (Lipinski definition) is 1. The second kappa shape index (κ2) is 6.73. The van der Waals surface area contributed by atoms with Gasteiger partial charge in [0.25, 0.3) is 0 Å². The van der Waals surface area contributed by atoms with Crippen LogP contribution in [0.3, 0.4) is 0 Å². The number of amides is 2. The molecule has 23 heavy (non-hydrogen) atoms. The lowest BCUT2D eigenvalue weighted by molar-refractivity contribution is 0.244. The molecule has 1 atom stereocenters. The molecule has 0 saturated heterocycles. The maximum absolute atomic E-state index is 12.5. The number of carbonyl (C=O) groups excluding carboxylic acids is 1. The maximum atomic E-state index is 12.5. The van der Waals surface area contributed by atoms with Gasteiger partial charge in [0, 0.05) is 12.6 Å². The molecule has 1 N–H and O–H groups in total.